The molecule has 0 aliphatic carbocycles. The molecule has 0 unspecified atom stereocenters. The van der Waals surface area contributed by atoms with Crippen LogP contribution in [0.25, 0.3) is 0 Å². The minimum Gasteiger partial charge on any atom is -0.370 e. The van der Waals surface area contributed by atoms with Crippen LogP contribution in [0.1, 0.15) is 66.1 Å². The molecule has 0 aliphatic rings. The van der Waals surface area contributed by atoms with Crippen LogP contribution in [0.4, 0.5) is 11.6 Å². The molecule has 0 aromatic carbocycles. The summed E-state index contributed by atoms with van der Waals surface area (Å²) in [5, 5.41) is 3.38. The van der Waals surface area contributed by atoms with E-state index in [0.29, 0.717) is 5.92 Å². The topological polar surface area (TPSA) is 41.0 Å². The normalized spacial score (nSPS) is 11.8. The summed E-state index contributed by atoms with van der Waals surface area (Å²) in [6.45, 7) is 14.0. The molecule has 0 saturated carbocycles. The summed E-state index contributed by atoms with van der Waals surface area (Å²) in [5.41, 5.74) is 0.0879. The van der Waals surface area contributed by atoms with Crippen LogP contribution < -0.4 is 10.2 Å². The van der Waals surface area contributed by atoms with Gasteiger partial charge in [-0.25, -0.2) is 9.97 Å². The predicted molar refractivity (Wildman–Crippen MR) is 87.7 cm³/mol. The van der Waals surface area contributed by atoms with Gasteiger partial charge in [0, 0.05) is 31.1 Å². The van der Waals surface area contributed by atoms with Gasteiger partial charge in [-0.2, -0.15) is 0 Å². The highest BCUT2D eigenvalue weighted by molar-refractivity contribution is 5.50. The third kappa shape index (κ3) is 4.09. The summed E-state index contributed by atoms with van der Waals surface area (Å²) < 4.78 is 0. The first-order valence-electron chi connectivity index (χ1n) is 7.68. The summed E-state index contributed by atoms with van der Waals surface area (Å²) in [7, 11) is 2.11. The minimum atomic E-state index is 0.0879. The molecule has 4 heteroatoms. The molecule has 0 bridgehead atoms. The van der Waals surface area contributed by atoms with E-state index in [1.807, 2.05) is 0 Å². The maximum Gasteiger partial charge on any atom is 0.135 e. The van der Waals surface area contributed by atoms with Gasteiger partial charge >= 0.3 is 0 Å². The van der Waals surface area contributed by atoms with Gasteiger partial charge < -0.3 is 10.2 Å². The van der Waals surface area contributed by atoms with Gasteiger partial charge in [-0.3, -0.25) is 0 Å². The Morgan fingerprint density at radius 3 is 2.40 bits per heavy atom. The molecule has 0 atom stereocenters. The third-order valence-corrected chi connectivity index (χ3v) is 3.92. The van der Waals surface area contributed by atoms with Crippen LogP contribution in [0.3, 0.4) is 0 Å². The van der Waals surface area contributed by atoms with E-state index in [9.17, 15) is 0 Å². The molecule has 1 rings (SSSR count). The number of rotatable bonds is 7. The van der Waals surface area contributed by atoms with Gasteiger partial charge in [-0.1, -0.05) is 27.7 Å². The van der Waals surface area contributed by atoms with E-state index in [4.69, 9.17) is 4.98 Å². The fraction of sp³-hybridized carbons (Fsp3) is 0.750. The van der Waals surface area contributed by atoms with Crippen molar-refractivity contribution < 1.29 is 0 Å². The van der Waals surface area contributed by atoms with E-state index in [1.165, 1.54) is 0 Å². The number of nitrogens with one attached hydrogen (secondary N) is 1. The van der Waals surface area contributed by atoms with Crippen molar-refractivity contribution in [2.75, 3.05) is 23.8 Å². The van der Waals surface area contributed by atoms with Crippen LogP contribution in [0, 0.1) is 0 Å². The minimum absolute atomic E-state index is 0.0879. The molecule has 20 heavy (non-hydrogen) atoms. The number of aromatic nitrogens is 2. The van der Waals surface area contributed by atoms with Gasteiger partial charge in [0.1, 0.15) is 17.5 Å². The molecule has 0 saturated heterocycles. The monoisotopic (exact) mass is 278 g/mol. The zero-order valence-electron chi connectivity index (χ0n) is 14.1. The van der Waals surface area contributed by atoms with Gasteiger partial charge in [-0.15, -0.1) is 0 Å². The van der Waals surface area contributed by atoms with E-state index < -0.39 is 0 Å². The SMILES string of the molecule is CCCNc1cc(N(C)C(C)(C)CC)nc(C(C)C)n1. The van der Waals surface area contributed by atoms with Crippen molar-refractivity contribution in [1.29, 1.82) is 0 Å². The quantitative estimate of drug-likeness (QED) is 0.817. The summed E-state index contributed by atoms with van der Waals surface area (Å²) in [6.07, 6.45) is 2.16. The third-order valence-electron chi connectivity index (χ3n) is 3.92. The summed E-state index contributed by atoms with van der Waals surface area (Å²) >= 11 is 0. The molecule has 0 amide bonds. The molecule has 0 radical (unpaired) electrons. The van der Waals surface area contributed by atoms with E-state index >= 15 is 0 Å². The van der Waals surface area contributed by atoms with E-state index in [1.54, 1.807) is 0 Å². The Morgan fingerprint density at radius 1 is 1.25 bits per heavy atom. The van der Waals surface area contributed by atoms with Crippen LogP contribution in [0.15, 0.2) is 6.07 Å². The van der Waals surface area contributed by atoms with Crippen molar-refractivity contribution in [3.63, 3.8) is 0 Å². The predicted octanol–water partition coefficient (Wildman–Crippen LogP) is 4.05. The molecule has 0 aliphatic heterocycles. The molecule has 114 valence electrons. The van der Waals surface area contributed by atoms with Gasteiger partial charge in [0.15, 0.2) is 0 Å². The second-order valence-corrected chi connectivity index (χ2v) is 6.28. The lowest BCUT2D eigenvalue weighted by molar-refractivity contribution is 0.466. The van der Waals surface area contributed by atoms with Crippen molar-refractivity contribution in [2.45, 2.75) is 65.8 Å². The number of hydrogen-bond donors (Lipinski definition) is 1. The molecule has 0 spiro atoms. The lowest BCUT2D eigenvalue weighted by atomic mass is 10.00. The molecule has 1 heterocycles. The van der Waals surface area contributed by atoms with Gasteiger partial charge in [0.2, 0.25) is 0 Å². The second-order valence-electron chi connectivity index (χ2n) is 6.28. The van der Waals surface area contributed by atoms with Crippen LogP contribution in [-0.4, -0.2) is 29.1 Å². The largest absolute Gasteiger partial charge is 0.370 e. The standard InChI is InChI=1S/C16H30N4/c1-8-10-17-13-11-14(19-15(18-13)12(3)4)20(7)16(5,6)9-2/h11-12H,8-10H2,1-7H3,(H,17,18,19). The molecule has 1 N–H and O–H groups in total. The lowest BCUT2D eigenvalue weighted by Gasteiger charge is -2.36. The van der Waals surface area contributed by atoms with Gasteiger partial charge in [0.25, 0.3) is 0 Å². The average molecular weight is 278 g/mol. The Balaban J connectivity index is 3.14. The van der Waals surface area contributed by atoms with Gasteiger partial charge in [0.05, 0.1) is 0 Å². The average Bonchev–Trinajstić information content (AvgIpc) is 2.43. The van der Waals surface area contributed by atoms with Crippen LogP contribution in [-0.2, 0) is 0 Å². The maximum absolute atomic E-state index is 4.73. The number of nitrogens with zero attached hydrogens (tertiary/aromatic N) is 3. The molecule has 4 nitrogen and oxygen atoms in total. The molecule has 0 fully saturated rings. The van der Waals surface area contributed by atoms with Crippen molar-refractivity contribution in [1.82, 2.24) is 9.97 Å². The van der Waals surface area contributed by atoms with Crippen molar-refractivity contribution in [3.8, 4) is 0 Å². The van der Waals surface area contributed by atoms with E-state index in [0.717, 1.165) is 36.8 Å². The number of hydrogen-bond acceptors (Lipinski definition) is 4. The molecular formula is C16H30N4. The Morgan fingerprint density at radius 2 is 1.90 bits per heavy atom. The second kappa shape index (κ2) is 6.91. The highest BCUT2D eigenvalue weighted by Crippen LogP contribution is 2.26. The fourth-order valence-electron chi connectivity index (χ4n) is 1.77. The first-order chi connectivity index (χ1) is 9.31. The maximum atomic E-state index is 4.73. The Bertz CT molecular complexity index is 426. The first-order valence-corrected chi connectivity index (χ1v) is 7.68. The summed E-state index contributed by atoms with van der Waals surface area (Å²) in [5.74, 6) is 3.16. The highest BCUT2D eigenvalue weighted by atomic mass is 15.2. The van der Waals surface area contributed by atoms with E-state index in [2.05, 4.69) is 69.9 Å². The van der Waals surface area contributed by atoms with Crippen molar-refractivity contribution in [2.24, 2.45) is 0 Å². The molecular weight excluding hydrogens is 248 g/mol. The van der Waals surface area contributed by atoms with Crippen LogP contribution in [0.5, 0.6) is 0 Å². The zero-order valence-corrected chi connectivity index (χ0v) is 14.1. The molecule has 1 aromatic rings. The van der Waals surface area contributed by atoms with E-state index in [-0.39, 0.29) is 5.54 Å². The van der Waals surface area contributed by atoms with Crippen LogP contribution >= 0.6 is 0 Å². The number of anilines is 2. The smallest absolute Gasteiger partial charge is 0.135 e. The molecule has 1 aromatic heterocycles. The summed E-state index contributed by atoms with van der Waals surface area (Å²) in [6, 6.07) is 2.05. The van der Waals surface area contributed by atoms with Gasteiger partial charge in [-0.05, 0) is 26.7 Å². The fourth-order valence-corrected chi connectivity index (χ4v) is 1.77. The Labute approximate surface area is 124 Å². The van der Waals surface area contributed by atoms with Crippen molar-refractivity contribution in [3.05, 3.63) is 11.9 Å². The summed E-state index contributed by atoms with van der Waals surface area (Å²) in [4.78, 5) is 11.6. The van der Waals surface area contributed by atoms with Crippen molar-refractivity contribution >= 4 is 11.6 Å². The first kappa shape index (κ1) is 16.7. The Hall–Kier alpha value is -1.32. The Kier molecular flexibility index (Phi) is 5.78. The lowest BCUT2D eigenvalue weighted by Crippen LogP contribution is -2.41. The zero-order chi connectivity index (χ0) is 15.3. The van der Waals surface area contributed by atoms with Crippen LogP contribution in [0.2, 0.25) is 0 Å². The highest BCUT2D eigenvalue weighted by Gasteiger charge is 2.23.